The Morgan fingerprint density at radius 2 is 1.82 bits per heavy atom. The van der Waals surface area contributed by atoms with Gasteiger partial charge in [-0.1, -0.05) is 0 Å². The Hall–Kier alpha value is -2.78. The summed E-state index contributed by atoms with van der Waals surface area (Å²) >= 11 is 0. The number of rotatable bonds is 3. The number of aromatic carboxylic acids is 1. The largest absolute Gasteiger partial charge is 0.477 e. The third kappa shape index (κ3) is 3.27. The fraction of sp³-hybridized carbons (Fsp3) is 0.0833. The van der Waals surface area contributed by atoms with Crippen LogP contribution in [0.1, 0.15) is 16.1 Å². The summed E-state index contributed by atoms with van der Waals surface area (Å²) in [6.07, 6.45) is -4.91. The average Bonchev–Trinajstić information content (AvgIpc) is 2.40. The first-order chi connectivity index (χ1) is 10.2. The molecule has 1 aromatic heterocycles. The molecule has 0 bridgehead atoms. The van der Waals surface area contributed by atoms with Gasteiger partial charge in [0, 0.05) is 6.07 Å². The van der Waals surface area contributed by atoms with Crippen LogP contribution in [-0.4, -0.2) is 21.3 Å². The van der Waals surface area contributed by atoms with Crippen molar-refractivity contribution in [3.05, 3.63) is 47.2 Å². The predicted octanol–water partition coefficient (Wildman–Crippen LogP) is 3.26. The van der Waals surface area contributed by atoms with E-state index < -0.39 is 46.7 Å². The molecule has 0 saturated heterocycles. The van der Waals surface area contributed by atoms with Crippen LogP contribution < -0.4 is 4.74 Å². The lowest BCUT2D eigenvalue weighted by Gasteiger charge is -2.10. The van der Waals surface area contributed by atoms with Gasteiger partial charge in [0.2, 0.25) is 0 Å². The van der Waals surface area contributed by atoms with Gasteiger partial charge in [-0.25, -0.2) is 13.6 Å². The average molecular weight is 320 g/mol. The van der Waals surface area contributed by atoms with Gasteiger partial charge >= 0.3 is 12.1 Å². The minimum atomic E-state index is -4.91. The summed E-state index contributed by atoms with van der Waals surface area (Å²) in [5.74, 6) is -5.35. The van der Waals surface area contributed by atoms with Crippen LogP contribution in [0.2, 0.25) is 0 Å². The molecule has 0 aliphatic carbocycles. The van der Waals surface area contributed by atoms with Gasteiger partial charge in [-0.15, -0.1) is 10.2 Å². The van der Waals surface area contributed by atoms with Crippen molar-refractivity contribution in [1.29, 1.82) is 0 Å². The number of halogens is 5. The number of carboxylic acids is 1. The molecule has 0 radical (unpaired) electrons. The highest BCUT2D eigenvalue weighted by molar-refractivity contribution is 5.90. The number of hydrogen-bond acceptors (Lipinski definition) is 4. The Labute approximate surface area is 119 Å². The summed E-state index contributed by atoms with van der Waals surface area (Å²) in [6, 6.07) is 2.30. The Morgan fingerprint density at radius 3 is 2.36 bits per heavy atom. The van der Waals surface area contributed by atoms with Gasteiger partial charge in [0.15, 0.2) is 17.3 Å². The summed E-state index contributed by atoms with van der Waals surface area (Å²) in [5, 5.41) is 14.6. The first kappa shape index (κ1) is 15.6. The van der Waals surface area contributed by atoms with Crippen LogP contribution in [0, 0.1) is 11.6 Å². The van der Waals surface area contributed by atoms with Crippen LogP contribution in [0.15, 0.2) is 24.3 Å². The second-order valence-electron chi connectivity index (χ2n) is 3.93. The van der Waals surface area contributed by atoms with Crippen molar-refractivity contribution >= 4 is 5.97 Å². The number of carboxylic acid groups (broad SMARTS) is 1. The molecule has 1 N–H and O–H groups in total. The molecule has 116 valence electrons. The maximum atomic E-state index is 13.4. The summed E-state index contributed by atoms with van der Waals surface area (Å²) in [4.78, 5) is 11.0. The van der Waals surface area contributed by atoms with Gasteiger partial charge in [-0.05, 0) is 18.2 Å². The van der Waals surface area contributed by atoms with Crippen molar-refractivity contribution in [2.75, 3.05) is 0 Å². The molecule has 0 aliphatic rings. The van der Waals surface area contributed by atoms with Crippen molar-refractivity contribution in [1.82, 2.24) is 10.2 Å². The summed E-state index contributed by atoms with van der Waals surface area (Å²) in [7, 11) is 0. The van der Waals surface area contributed by atoms with Crippen LogP contribution in [0.3, 0.4) is 0 Å². The minimum absolute atomic E-state index is 0.200. The summed E-state index contributed by atoms with van der Waals surface area (Å²) < 4.78 is 68.3. The Balaban J connectivity index is 2.44. The third-order valence-corrected chi connectivity index (χ3v) is 2.38. The topological polar surface area (TPSA) is 72.3 Å². The quantitative estimate of drug-likeness (QED) is 0.879. The zero-order chi connectivity index (χ0) is 16.5. The lowest BCUT2D eigenvalue weighted by atomic mass is 10.2. The molecule has 0 spiro atoms. The van der Waals surface area contributed by atoms with Gasteiger partial charge < -0.3 is 9.84 Å². The van der Waals surface area contributed by atoms with Crippen molar-refractivity contribution < 1.29 is 36.6 Å². The van der Waals surface area contributed by atoms with Gasteiger partial charge in [-0.3, -0.25) is 0 Å². The molecule has 10 heteroatoms. The summed E-state index contributed by atoms with van der Waals surface area (Å²) in [5.41, 5.74) is -2.51. The molecule has 0 unspecified atom stereocenters. The number of benzene rings is 1. The lowest BCUT2D eigenvalue weighted by molar-refractivity contribution is -0.141. The van der Waals surface area contributed by atoms with E-state index in [1.165, 1.54) is 0 Å². The molecule has 0 fully saturated rings. The van der Waals surface area contributed by atoms with Crippen LogP contribution in [0.5, 0.6) is 11.6 Å². The maximum absolute atomic E-state index is 13.4. The molecular formula is C12H5F5N2O3. The van der Waals surface area contributed by atoms with E-state index in [9.17, 15) is 26.7 Å². The highest BCUT2D eigenvalue weighted by Crippen LogP contribution is 2.31. The zero-order valence-corrected chi connectivity index (χ0v) is 10.4. The number of carbonyl (C=O) groups is 1. The van der Waals surface area contributed by atoms with Gasteiger partial charge in [-0.2, -0.15) is 13.2 Å². The van der Waals surface area contributed by atoms with Crippen LogP contribution in [0.4, 0.5) is 22.0 Å². The van der Waals surface area contributed by atoms with Crippen molar-refractivity contribution in [2.45, 2.75) is 6.18 Å². The van der Waals surface area contributed by atoms with E-state index in [1.54, 1.807) is 0 Å². The van der Waals surface area contributed by atoms with Gasteiger partial charge in [0.05, 0.1) is 0 Å². The standard InChI is InChI=1S/C12H5F5N2O3/c13-5-1-2-8(7(14)3-5)22-10-6(11(20)21)4-9(18-19-10)12(15,16)17/h1-4H,(H,20,21). The molecule has 0 amide bonds. The van der Waals surface area contributed by atoms with E-state index in [-0.39, 0.29) is 6.07 Å². The van der Waals surface area contributed by atoms with E-state index in [2.05, 4.69) is 10.2 Å². The highest BCUT2D eigenvalue weighted by atomic mass is 19.4. The fourth-order valence-electron chi connectivity index (χ4n) is 1.41. The number of ether oxygens (including phenoxy) is 1. The van der Waals surface area contributed by atoms with Crippen LogP contribution >= 0.6 is 0 Å². The minimum Gasteiger partial charge on any atom is -0.477 e. The zero-order valence-electron chi connectivity index (χ0n) is 10.4. The number of nitrogens with zero attached hydrogens (tertiary/aromatic N) is 2. The van der Waals surface area contributed by atoms with Crippen molar-refractivity contribution in [3.63, 3.8) is 0 Å². The van der Waals surface area contributed by atoms with Gasteiger partial charge in [0.1, 0.15) is 11.4 Å². The number of alkyl halides is 3. The normalized spacial score (nSPS) is 11.3. The first-order valence-corrected chi connectivity index (χ1v) is 5.49. The Bertz CT molecular complexity index is 733. The van der Waals surface area contributed by atoms with Crippen LogP contribution in [0.25, 0.3) is 0 Å². The molecule has 2 rings (SSSR count). The summed E-state index contributed by atoms with van der Waals surface area (Å²) in [6.45, 7) is 0. The first-order valence-electron chi connectivity index (χ1n) is 5.49. The molecule has 0 aliphatic heterocycles. The van der Waals surface area contributed by atoms with E-state index in [1.807, 2.05) is 0 Å². The van der Waals surface area contributed by atoms with Crippen molar-refractivity contribution in [3.8, 4) is 11.6 Å². The monoisotopic (exact) mass is 320 g/mol. The highest BCUT2D eigenvalue weighted by Gasteiger charge is 2.35. The third-order valence-electron chi connectivity index (χ3n) is 2.38. The molecular weight excluding hydrogens is 315 g/mol. The Morgan fingerprint density at radius 1 is 1.14 bits per heavy atom. The Kier molecular flexibility index (Phi) is 3.93. The molecule has 2 aromatic rings. The molecule has 22 heavy (non-hydrogen) atoms. The van der Waals surface area contributed by atoms with E-state index >= 15 is 0 Å². The van der Waals surface area contributed by atoms with Crippen molar-refractivity contribution in [2.24, 2.45) is 0 Å². The molecule has 0 atom stereocenters. The maximum Gasteiger partial charge on any atom is 0.435 e. The second kappa shape index (κ2) is 5.54. The second-order valence-corrected chi connectivity index (χ2v) is 3.93. The molecule has 1 heterocycles. The lowest BCUT2D eigenvalue weighted by Crippen LogP contribution is -2.13. The van der Waals surface area contributed by atoms with Crippen LogP contribution in [-0.2, 0) is 6.18 Å². The molecule has 1 aromatic carbocycles. The van der Waals surface area contributed by atoms with E-state index in [4.69, 9.17) is 9.84 Å². The van der Waals surface area contributed by atoms with Gasteiger partial charge in [0.25, 0.3) is 5.88 Å². The SMILES string of the molecule is O=C(O)c1cc(C(F)(F)F)nnc1Oc1ccc(F)cc1F. The van der Waals surface area contributed by atoms with E-state index in [0.717, 1.165) is 12.1 Å². The smallest absolute Gasteiger partial charge is 0.435 e. The molecule has 5 nitrogen and oxygen atoms in total. The fourth-order valence-corrected chi connectivity index (χ4v) is 1.41. The predicted molar refractivity (Wildman–Crippen MR) is 60.4 cm³/mol. The molecule has 0 saturated carbocycles. The number of hydrogen-bond donors (Lipinski definition) is 1. The number of aromatic nitrogens is 2. The van der Waals surface area contributed by atoms with E-state index in [0.29, 0.717) is 6.07 Å².